The van der Waals surface area contributed by atoms with E-state index < -0.39 is 0 Å². The molecule has 0 saturated heterocycles. The predicted octanol–water partition coefficient (Wildman–Crippen LogP) is 2.23. The lowest BCUT2D eigenvalue weighted by atomic mass is 9.85. The van der Waals surface area contributed by atoms with Gasteiger partial charge in [0, 0.05) is 20.2 Å². The van der Waals surface area contributed by atoms with Gasteiger partial charge in [0.05, 0.1) is 19.3 Å². The first-order chi connectivity index (χ1) is 8.24. The van der Waals surface area contributed by atoms with Gasteiger partial charge in [-0.05, 0) is 31.6 Å². The van der Waals surface area contributed by atoms with Gasteiger partial charge in [-0.3, -0.25) is 0 Å². The molecule has 0 spiro atoms. The monoisotopic (exact) mass is 241 g/mol. The number of allylic oxidation sites excluding steroid dienone is 2. The molecule has 0 saturated carbocycles. The molecular weight excluding hydrogens is 214 g/mol. The minimum Gasteiger partial charge on any atom is -0.383 e. The Morgan fingerprint density at radius 1 is 1.35 bits per heavy atom. The molecule has 3 atom stereocenters. The zero-order valence-corrected chi connectivity index (χ0v) is 11.4. The number of rotatable bonds is 8. The summed E-state index contributed by atoms with van der Waals surface area (Å²) >= 11 is 0. The van der Waals surface area contributed by atoms with Crippen LogP contribution in [0.1, 0.15) is 26.7 Å². The molecular formula is C14H27NO2. The van der Waals surface area contributed by atoms with Gasteiger partial charge in [-0.1, -0.05) is 19.1 Å². The maximum absolute atomic E-state index is 5.89. The fraction of sp³-hybridized carbons (Fsp3) is 0.857. The van der Waals surface area contributed by atoms with E-state index in [2.05, 4.69) is 31.3 Å². The third-order valence-corrected chi connectivity index (χ3v) is 3.43. The molecule has 0 aliphatic heterocycles. The molecule has 0 amide bonds. The van der Waals surface area contributed by atoms with Gasteiger partial charge >= 0.3 is 0 Å². The number of methoxy groups -OCH3 is 1. The number of nitrogens with one attached hydrogen (secondary N) is 1. The second-order valence-electron chi connectivity index (χ2n) is 5.02. The van der Waals surface area contributed by atoms with E-state index in [-0.39, 0.29) is 6.10 Å². The molecule has 1 rings (SSSR count). The van der Waals surface area contributed by atoms with Crippen LogP contribution in [0.15, 0.2) is 12.2 Å². The van der Waals surface area contributed by atoms with Crippen LogP contribution in [-0.2, 0) is 9.47 Å². The Labute approximate surface area is 106 Å². The van der Waals surface area contributed by atoms with Gasteiger partial charge < -0.3 is 14.8 Å². The normalized spacial score (nSPS) is 26.1. The van der Waals surface area contributed by atoms with Crippen molar-refractivity contribution in [2.24, 2.45) is 11.8 Å². The number of hydrogen-bond donors (Lipinski definition) is 1. The van der Waals surface area contributed by atoms with Crippen LogP contribution in [0.25, 0.3) is 0 Å². The second-order valence-corrected chi connectivity index (χ2v) is 5.02. The Hall–Kier alpha value is -0.380. The highest BCUT2D eigenvalue weighted by atomic mass is 16.5. The van der Waals surface area contributed by atoms with Crippen LogP contribution in [0, 0.1) is 11.8 Å². The standard InChI is InChI=1S/C14H27NO2/c1-12-6-4-5-7-14(12)11-17-13(2)10-15-8-9-16-3/h4-5,12-15H,6-11H2,1-3H3. The minimum absolute atomic E-state index is 0.282. The zero-order chi connectivity index (χ0) is 12.5. The van der Waals surface area contributed by atoms with Gasteiger partial charge in [0.1, 0.15) is 0 Å². The van der Waals surface area contributed by atoms with Crippen molar-refractivity contribution in [1.82, 2.24) is 5.32 Å². The lowest BCUT2D eigenvalue weighted by molar-refractivity contribution is 0.0263. The quantitative estimate of drug-likeness (QED) is 0.522. The van der Waals surface area contributed by atoms with Gasteiger partial charge in [-0.2, -0.15) is 0 Å². The molecule has 0 aromatic carbocycles. The van der Waals surface area contributed by atoms with Gasteiger partial charge in [-0.25, -0.2) is 0 Å². The Kier molecular flexibility index (Phi) is 7.49. The van der Waals surface area contributed by atoms with Crippen LogP contribution in [0.4, 0.5) is 0 Å². The predicted molar refractivity (Wildman–Crippen MR) is 71.2 cm³/mol. The van der Waals surface area contributed by atoms with Gasteiger partial charge in [-0.15, -0.1) is 0 Å². The average molecular weight is 241 g/mol. The van der Waals surface area contributed by atoms with E-state index in [0.29, 0.717) is 5.92 Å². The first-order valence-electron chi connectivity index (χ1n) is 6.70. The molecule has 0 fully saturated rings. The highest BCUT2D eigenvalue weighted by Gasteiger charge is 2.19. The molecule has 3 unspecified atom stereocenters. The Morgan fingerprint density at radius 2 is 2.12 bits per heavy atom. The van der Waals surface area contributed by atoms with Crippen molar-refractivity contribution in [2.45, 2.75) is 32.8 Å². The van der Waals surface area contributed by atoms with Crippen molar-refractivity contribution in [1.29, 1.82) is 0 Å². The summed E-state index contributed by atoms with van der Waals surface area (Å²) in [6.07, 6.45) is 7.23. The lowest BCUT2D eigenvalue weighted by Crippen LogP contribution is -2.31. The molecule has 1 aliphatic rings. The minimum atomic E-state index is 0.282. The van der Waals surface area contributed by atoms with Crippen molar-refractivity contribution in [3.8, 4) is 0 Å². The highest BCUT2D eigenvalue weighted by molar-refractivity contribution is 4.93. The molecule has 100 valence electrons. The third-order valence-electron chi connectivity index (χ3n) is 3.43. The van der Waals surface area contributed by atoms with Crippen LogP contribution in [0.3, 0.4) is 0 Å². The highest BCUT2D eigenvalue weighted by Crippen LogP contribution is 2.25. The van der Waals surface area contributed by atoms with E-state index in [1.807, 2.05) is 0 Å². The summed E-state index contributed by atoms with van der Waals surface area (Å²) in [6, 6.07) is 0. The van der Waals surface area contributed by atoms with Crippen molar-refractivity contribution >= 4 is 0 Å². The molecule has 0 aromatic rings. The topological polar surface area (TPSA) is 30.5 Å². The summed E-state index contributed by atoms with van der Waals surface area (Å²) in [6.45, 7) is 7.89. The molecule has 3 heteroatoms. The summed E-state index contributed by atoms with van der Waals surface area (Å²) in [5.74, 6) is 1.45. The van der Waals surface area contributed by atoms with Gasteiger partial charge in [0.25, 0.3) is 0 Å². The number of ether oxygens (including phenoxy) is 2. The van der Waals surface area contributed by atoms with Crippen molar-refractivity contribution in [2.75, 3.05) is 33.4 Å². The van der Waals surface area contributed by atoms with E-state index >= 15 is 0 Å². The molecule has 0 bridgehead atoms. The second kappa shape index (κ2) is 8.67. The molecule has 1 N–H and O–H groups in total. The Morgan fingerprint density at radius 3 is 2.82 bits per heavy atom. The van der Waals surface area contributed by atoms with E-state index in [4.69, 9.17) is 9.47 Å². The third kappa shape index (κ3) is 6.20. The first kappa shape index (κ1) is 14.7. The van der Waals surface area contributed by atoms with E-state index in [1.54, 1.807) is 7.11 Å². The van der Waals surface area contributed by atoms with Crippen LogP contribution >= 0.6 is 0 Å². The Bertz CT molecular complexity index is 218. The van der Waals surface area contributed by atoms with Crippen LogP contribution in [0.2, 0.25) is 0 Å². The Balaban J connectivity index is 2.06. The summed E-state index contributed by atoms with van der Waals surface area (Å²) in [5, 5.41) is 3.32. The summed E-state index contributed by atoms with van der Waals surface area (Å²) in [5.41, 5.74) is 0. The SMILES string of the molecule is COCCNCC(C)OCC1CC=CCC1C. The van der Waals surface area contributed by atoms with E-state index in [0.717, 1.165) is 32.2 Å². The van der Waals surface area contributed by atoms with E-state index in [1.165, 1.54) is 12.8 Å². The van der Waals surface area contributed by atoms with Crippen molar-refractivity contribution < 1.29 is 9.47 Å². The first-order valence-corrected chi connectivity index (χ1v) is 6.70. The summed E-state index contributed by atoms with van der Waals surface area (Å²) in [7, 11) is 1.72. The molecule has 1 aliphatic carbocycles. The van der Waals surface area contributed by atoms with Gasteiger partial charge in [0.15, 0.2) is 0 Å². The van der Waals surface area contributed by atoms with Crippen molar-refractivity contribution in [3.63, 3.8) is 0 Å². The number of hydrogen-bond acceptors (Lipinski definition) is 3. The summed E-state index contributed by atoms with van der Waals surface area (Å²) in [4.78, 5) is 0. The fourth-order valence-electron chi connectivity index (χ4n) is 2.07. The fourth-order valence-corrected chi connectivity index (χ4v) is 2.07. The lowest BCUT2D eigenvalue weighted by Gasteiger charge is -2.26. The van der Waals surface area contributed by atoms with Crippen LogP contribution in [0.5, 0.6) is 0 Å². The maximum atomic E-state index is 5.89. The molecule has 0 heterocycles. The molecule has 3 nitrogen and oxygen atoms in total. The maximum Gasteiger partial charge on any atom is 0.0671 e. The largest absolute Gasteiger partial charge is 0.383 e. The van der Waals surface area contributed by atoms with Crippen LogP contribution < -0.4 is 5.32 Å². The summed E-state index contributed by atoms with van der Waals surface area (Å²) < 4.78 is 10.9. The molecule has 17 heavy (non-hydrogen) atoms. The van der Waals surface area contributed by atoms with Crippen molar-refractivity contribution in [3.05, 3.63) is 12.2 Å². The molecule has 0 aromatic heterocycles. The average Bonchev–Trinajstić information content (AvgIpc) is 2.34. The molecule has 0 radical (unpaired) electrons. The van der Waals surface area contributed by atoms with E-state index in [9.17, 15) is 0 Å². The van der Waals surface area contributed by atoms with Gasteiger partial charge in [0.2, 0.25) is 0 Å². The zero-order valence-electron chi connectivity index (χ0n) is 11.4. The smallest absolute Gasteiger partial charge is 0.0671 e. The van der Waals surface area contributed by atoms with Crippen LogP contribution in [-0.4, -0.2) is 39.5 Å².